The lowest BCUT2D eigenvalue weighted by Crippen LogP contribution is -2.20. The van der Waals surface area contributed by atoms with Crippen molar-refractivity contribution in [2.75, 3.05) is 0 Å². The van der Waals surface area contributed by atoms with Crippen molar-refractivity contribution in [1.82, 2.24) is 0 Å². The average Bonchev–Trinajstić information content (AvgIpc) is 2.89. The molecule has 0 saturated heterocycles. The molecule has 0 heterocycles. The van der Waals surface area contributed by atoms with Crippen molar-refractivity contribution in [3.05, 3.63) is 119 Å². The fraction of sp³-hybridized carbons (Fsp3) is 0.235. The molecule has 194 valence electrons. The number of benzene rings is 4. The van der Waals surface area contributed by atoms with E-state index in [1.54, 1.807) is 48.5 Å². The van der Waals surface area contributed by atoms with Crippen LogP contribution in [0.25, 0.3) is 0 Å². The average molecular weight is 507 g/mol. The first-order valence-corrected chi connectivity index (χ1v) is 12.8. The maximum Gasteiger partial charge on any atom is 0.193 e. The summed E-state index contributed by atoms with van der Waals surface area (Å²) < 4.78 is 11.9. The van der Waals surface area contributed by atoms with Crippen LogP contribution in [0.5, 0.6) is 23.0 Å². The molecule has 0 amide bonds. The normalized spacial score (nSPS) is 11.6. The van der Waals surface area contributed by atoms with Gasteiger partial charge in [-0.2, -0.15) is 0 Å². The lowest BCUT2D eigenvalue weighted by molar-refractivity contribution is 0.0857. The molecule has 4 aromatic carbocycles. The molecule has 0 bridgehead atoms. The van der Waals surface area contributed by atoms with E-state index in [0.29, 0.717) is 28.2 Å². The molecule has 4 nitrogen and oxygen atoms in total. The van der Waals surface area contributed by atoms with Crippen LogP contribution >= 0.6 is 0 Å². The first kappa shape index (κ1) is 26.9. The molecule has 0 spiro atoms. The molecule has 4 heteroatoms. The summed E-state index contributed by atoms with van der Waals surface area (Å²) in [7, 11) is 0. The monoisotopic (exact) mass is 506 g/mol. The van der Waals surface area contributed by atoms with Crippen molar-refractivity contribution >= 4 is 11.6 Å². The second-order valence-electron chi connectivity index (χ2n) is 11.5. The fourth-order valence-electron chi connectivity index (χ4n) is 3.92. The van der Waals surface area contributed by atoms with Gasteiger partial charge in [0.25, 0.3) is 0 Å². The second kappa shape index (κ2) is 10.7. The van der Waals surface area contributed by atoms with Crippen LogP contribution < -0.4 is 9.47 Å². The molecule has 0 saturated carbocycles. The van der Waals surface area contributed by atoms with Crippen molar-refractivity contribution < 1.29 is 19.1 Å². The minimum absolute atomic E-state index is 0.0485. The van der Waals surface area contributed by atoms with E-state index in [9.17, 15) is 9.59 Å². The number of hydrogen-bond acceptors (Lipinski definition) is 4. The van der Waals surface area contributed by atoms with Gasteiger partial charge in [-0.25, -0.2) is 0 Å². The van der Waals surface area contributed by atoms with E-state index in [-0.39, 0.29) is 17.0 Å². The zero-order chi connectivity index (χ0) is 27.5. The van der Waals surface area contributed by atoms with Crippen molar-refractivity contribution in [2.45, 2.75) is 47.0 Å². The van der Waals surface area contributed by atoms with E-state index in [2.05, 4.69) is 32.9 Å². The van der Waals surface area contributed by atoms with Crippen LogP contribution in [0.1, 0.15) is 73.4 Å². The van der Waals surface area contributed by atoms with Crippen LogP contribution in [0.4, 0.5) is 0 Å². The van der Waals surface area contributed by atoms with Gasteiger partial charge in [0.2, 0.25) is 0 Å². The maximum absolute atomic E-state index is 12.9. The van der Waals surface area contributed by atoms with Gasteiger partial charge in [-0.3, -0.25) is 9.59 Å². The van der Waals surface area contributed by atoms with Gasteiger partial charge in [-0.15, -0.1) is 0 Å². The SMILES string of the molecule is CC(C)(C)C(=O)c1ccc(C(=O)c2ccc(Oc3ccc(Oc4ccc(C(C)(C)C)cc4)cc3)cc2)cc1. The van der Waals surface area contributed by atoms with Gasteiger partial charge < -0.3 is 9.47 Å². The minimum Gasteiger partial charge on any atom is -0.457 e. The summed E-state index contributed by atoms with van der Waals surface area (Å²) in [5.74, 6) is 2.73. The van der Waals surface area contributed by atoms with E-state index in [1.807, 2.05) is 57.2 Å². The third kappa shape index (κ3) is 6.57. The van der Waals surface area contributed by atoms with Crippen LogP contribution in [0.15, 0.2) is 97.1 Å². The number of ether oxygens (including phenoxy) is 2. The van der Waals surface area contributed by atoms with E-state index >= 15 is 0 Å². The first-order valence-electron chi connectivity index (χ1n) is 12.8. The fourth-order valence-corrected chi connectivity index (χ4v) is 3.92. The zero-order valence-electron chi connectivity index (χ0n) is 22.9. The lowest BCUT2D eigenvalue weighted by Gasteiger charge is -2.19. The van der Waals surface area contributed by atoms with Crippen LogP contribution in [0.3, 0.4) is 0 Å². The Morgan fingerprint density at radius 3 is 1.16 bits per heavy atom. The van der Waals surface area contributed by atoms with Gasteiger partial charge in [0, 0.05) is 22.1 Å². The van der Waals surface area contributed by atoms with Gasteiger partial charge in [-0.1, -0.05) is 77.9 Å². The van der Waals surface area contributed by atoms with Crippen molar-refractivity contribution in [3.63, 3.8) is 0 Å². The lowest BCUT2D eigenvalue weighted by atomic mass is 9.86. The van der Waals surface area contributed by atoms with E-state index < -0.39 is 5.41 Å². The highest BCUT2D eigenvalue weighted by Crippen LogP contribution is 2.29. The Hall–Kier alpha value is -4.18. The predicted octanol–water partition coefficient (Wildman–Crippen LogP) is 9.03. The van der Waals surface area contributed by atoms with Crippen LogP contribution in [-0.2, 0) is 5.41 Å². The largest absolute Gasteiger partial charge is 0.457 e. The first-order chi connectivity index (χ1) is 17.9. The van der Waals surface area contributed by atoms with E-state index in [4.69, 9.17) is 9.47 Å². The van der Waals surface area contributed by atoms with Crippen LogP contribution in [0, 0.1) is 5.41 Å². The Labute approximate surface area is 225 Å². The molecule has 0 aliphatic carbocycles. The highest BCUT2D eigenvalue weighted by molar-refractivity contribution is 6.09. The number of hydrogen-bond donors (Lipinski definition) is 0. The van der Waals surface area contributed by atoms with Crippen molar-refractivity contribution in [2.24, 2.45) is 5.41 Å². The molecule has 0 aromatic heterocycles. The molecule has 0 radical (unpaired) electrons. The molecule has 0 fully saturated rings. The number of carbonyl (C=O) groups is 2. The van der Waals surface area contributed by atoms with Gasteiger partial charge in [0.15, 0.2) is 11.6 Å². The third-order valence-corrected chi connectivity index (χ3v) is 6.22. The molecule has 0 unspecified atom stereocenters. The third-order valence-electron chi connectivity index (χ3n) is 6.22. The van der Waals surface area contributed by atoms with Gasteiger partial charge >= 0.3 is 0 Å². The number of ketones is 2. The molecule has 0 aliphatic rings. The highest BCUT2D eigenvalue weighted by Gasteiger charge is 2.23. The Kier molecular flexibility index (Phi) is 7.54. The van der Waals surface area contributed by atoms with Crippen LogP contribution in [-0.4, -0.2) is 11.6 Å². The molecule has 0 N–H and O–H groups in total. The topological polar surface area (TPSA) is 52.6 Å². The number of Topliss-reactive ketones (excluding diaryl/α,β-unsaturated/α-hetero) is 1. The summed E-state index contributed by atoms with van der Waals surface area (Å²) in [5.41, 5.74) is 2.58. The van der Waals surface area contributed by atoms with E-state index in [0.717, 1.165) is 11.5 Å². The number of carbonyl (C=O) groups excluding carboxylic acids is 2. The van der Waals surface area contributed by atoms with Gasteiger partial charge in [-0.05, 0) is 71.6 Å². The smallest absolute Gasteiger partial charge is 0.193 e. The zero-order valence-corrected chi connectivity index (χ0v) is 22.9. The molecule has 38 heavy (non-hydrogen) atoms. The predicted molar refractivity (Wildman–Crippen MR) is 152 cm³/mol. The Balaban J connectivity index is 1.36. The summed E-state index contributed by atoms with van der Waals surface area (Å²) in [6, 6.07) is 29.4. The Morgan fingerprint density at radius 2 is 0.789 bits per heavy atom. The molecule has 0 atom stereocenters. The van der Waals surface area contributed by atoms with E-state index in [1.165, 1.54) is 5.56 Å². The second-order valence-corrected chi connectivity index (χ2v) is 11.5. The quantitative estimate of drug-likeness (QED) is 0.235. The summed E-state index contributed by atoms with van der Waals surface area (Å²) in [4.78, 5) is 25.4. The summed E-state index contributed by atoms with van der Waals surface area (Å²) in [6.07, 6.45) is 0. The number of rotatable bonds is 7. The van der Waals surface area contributed by atoms with Gasteiger partial charge in [0.05, 0.1) is 0 Å². The summed E-state index contributed by atoms with van der Waals surface area (Å²) in [5, 5.41) is 0. The standard InChI is InChI=1S/C34H34O4/c1-33(2,3)26-13-17-28(18-14-26)38-30-21-19-29(20-22-30)37-27-15-11-24(12-16-27)31(35)23-7-9-25(10-8-23)32(36)34(4,5)6/h7-22H,1-6H3. The van der Waals surface area contributed by atoms with Crippen LogP contribution in [0.2, 0.25) is 0 Å². The summed E-state index contributed by atoms with van der Waals surface area (Å²) in [6.45, 7) is 12.2. The molecule has 4 rings (SSSR count). The van der Waals surface area contributed by atoms with Crippen molar-refractivity contribution in [1.29, 1.82) is 0 Å². The van der Waals surface area contributed by atoms with Crippen molar-refractivity contribution in [3.8, 4) is 23.0 Å². The molecule has 4 aromatic rings. The minimum atomic E-state index is -0.465. The maximum atomic E-state index is 12.9. The Morgan fingerprint density at radius 1 is 0.474 bits per heavy atom. The summed E-state index contributed by atoms with van der Waals surface area (Å²) >= 11 is 0. The molecular weight excluding hydrogens is 472 g/mol. The molecular formula is C34H34O4. The highest BCUT2D eigenvalue weighted by atomic mass is 16.5. The van der Waals surface area contributed by atoms with Gasteiger partial charge in [0.1, 0.15) is 23.0 Å². The Bertz CT molecular complexity index is 1400. The molecule has 0 aliphatic heterocycles.